The van der Waals surface area contributed by atoms with Crippen LogP contribution in [0, 0.1) is 17.0 Å². The van der Waals surface area contributed by atoms with E-state index in [1.165, 1.54) is 26.5 Å². The van der Waals surface area contributed by atoms with E-state index in [0.717, 1.165) is 9.13 Å². The van der Waals surface area contributed by atoms with Gasteiger partial charge in [0.15, 0.2) is 0 Å². The van der Waals surface area contributed by atoms with E-state index < -0.39 is 21.9 Å². The Hall–Kier alpha value is -2.64. The highest BCUT2D eigenvalue weighted by Crippen LogP contribution is 2.09. The zero-order chi connectivity index (χ0) is 14.2. The first-order chi connectivity index (χ1) is 8.93. The lowest BCUT2D eigenvalue weighted by Crippen LogP contribution is -2.41. The van der Waals surface area contributed by atoms with Crippen molar-refractivity contribution < 1.29 is 9.34 Å². The lowest BCUT2D eigenvalue weighted by atomic mass is 10.3. The molecule has 2 aromatic rings. The van der Waals surface area contributed by atoms with E-state index in [2.05, 4.69) is 0 Å². The van der Waals surface area contributed by atoms with E-state index in [1.807, 2.05) is 0 Å². The molecule has 0 fully saturated rings. The summed E-state index contributed by atoms with van der Waals surface area (Å²) >= 11 is 0. The molecule has 0 spiro atoms. The Balaban J connectivity index is 2.71. The van der Waals surface area contributed by atoms with Crippen LogP contribution in [0.1, 0.15) is 11.3 Å². The summed E-state index contributed by atoms with van der Waals surface area (Å²) < 4.78 is 6.74. The molecular formula is C11H11N3O5. The van der Waals surface area contributed by atoms with Crippen molar-refractivity contribution in [3.63, 3.8) is 0 Å². The van der Waals surface area contributed by atoms with Crippen LogP contribution in [-0.2, 0) is 13.6 Å². The maximum absolute atomic E-state index is 12.0. The average molecular weight is 265 g/mol. The van der Waals surface area contributed by atoms with Crippen molar-refractivity contribution in [2.45, 2.75) is 13.5 Å². The fraction of sp³-hybridized carbons (Fsp3) is 0.273. The molecule has 0 aliphatic carbocycles. The number of hydrogen-bond donors (Lipinski definition) is 0. The van der Waals surface area contributed by atoms with Crippen LogP contribution in [0.3, 0.4) is 0 Å². The lowest BCUT2D eigenvalue weighted by molar-refractivity contribution is -0.387. The molecule has 19 heavy (non-hydrogen) atoms. The third kappa shape index (κ3) is 2.07. The Bertz CT molecular complexity index is 739. The predicted octanol–water partition coefficient (Wildman–Crippen LogP) is 0.405. The summed E-state index contributed by atoms with van der Waals surface area (Å²) in [5.41, 5.74) is -1.49. The molecule has 0 atom stereocenters. The van der Waals surface area contributed by atoms with Gasteiger partial charge in [0.25, 0.3) is 0 Å². The topological polar surface area (TPSA) is 100 Å². The van der Waals surface area contributed by atoms with Crippen LogP contribution in [0.5, 0.6) is 0 Å². The minimum atomic E-state index is -0.910. The second kappa shape index (κ2) is 4.56. The fourth-order valence-corrected chi connectivity index (χ4v) is 1.77. The van der Waals surface area contributed by atoms with E-state index in [0.29, 0.717) is 5.56 Å². The summed E-state index contributed by atoms with van der Waals surface area (Å²) in [5.74, 6) is 0. The minimum absolute atomic E-state index is 0.0310. The SMILES string of the molecule is Cc1c([N+](=O)[O-])c(=O)n(Cc2ccoc2)c(=O)n1C. The van der Waals surface area contributed by atoms with E-state index in [1.54, 1.807) is 6.07 Å². The molecule has 0 aromatic carbocycles. The monoisotopic (exact) mass is 265 g/mol. The van der Waals surface area contributed by atoms with Crippen molar-refractivity contribution in [3.05, 3.63) is 60.8 Å². The summed E-state index contributed by atoms with van der Waals surface area (Å²) in [6, 6.07) is 1.58. The predicted molar refractivity (Wildman–Crippen MR) is 65.1 cm³/mol. The Kier molecular flexibility index (Phi) is 3.07. The van der Waals surface area contributed by atoms with Gasteiger partial charge in [-0.25, -0.2) is 9.36 Å². The van der Waals surface area contributed by atoms with Gasteiger partial charge in [0, 0.05) is 12.6 Å². The van der Waals surface area contributed by atoms with E-state index >= 15 is 0 Å². The van der Waals surface area contributed by atoms with Crippen molar-refractivity contribution in [1.82, 2.24) is 9.13 Å². The molecule has 0 aliphatic rings. The normalized spacial score (nSPS) is 10.6. The van der Waals surface area contributed by atoms with Crippen molar-refractivity contribution >= 4 is 5.69 Å². The van der Waals surface area contributed by atoms with Crippen molar-refractivity contribution in [1.29, 1.82) is 0 Å². The summed E-state index contributed by atoms with van der Waals surface area (Å²) in [6.45, 7) is 1.30. The highest BCUT2D eigenvalue weighted by atomic mass is 16.6. The molecule has 0 N–H and O–H groups in total. The molecule has 8 nitrogen and oxygen atoms in total. The van der Waals surface area contributed by atoms with Crippen LogP contribution < -0.4 is 11.2 Å². The lowest BCUT2D eigenvalue weighted by Gasteiger charge is -2.08. The molecule has 0 aliphatic heterocycles. The van der Waals surface area contributed by atoms with Crippen LogP contribution in [0.15, 0.2) is 32.6 Å². The van der Waals surface area contributed by atoms with Crippen LogP contribution in [0.25, 0.3) is 0 Å². The molecule has 100 valence electrons. The molecule has 0 radical (unpaired) electrons. The van der Waals surface area contributed by atoms with Crippen LogP contribution in [-0.4, -0.2) is 14.1 Å². The zero-order valence-electron chi connectivity index (χ0n) is 10.3. The Labute approximate surface area is 106 Å². The number of furan rings is 1. The fourth-order valence-electron chi connectivity index (χ4n) is 1.77. The van der Waals surface area contributed by atoms with E-state index in [4.69, 9.17) is 4.42 Å². The molecule has 2 aromatic heterocycles. The summed E-state index contributed by atoms with van der Waals surface area (Å²) in [4.78, 5) is 34.1. The van der Waals surface area contributed by atoms with E-state index in [-0.39, 0.29) is 12.2 Å². The standard InChI is InChI=1S/C11H11N3O5/c1-7-9(14(17)18)10(15)13(11(16)12(7)2)5-8-3-4-19-6-8/h3-4,6H,5H2,1-2H3. The summed E-state index contributed by atoms with van der Waals surface area (Å²) in [6.07, 6.45) is 2.77. The van der Waals surface area contributed by atoms with Crippen molar-refractivity contribution in [3.8, 4) is 0 Å². The van der Waals surface area contributed by atoms with E-state index in [9.17, 15) is 19.7 Å². The van der Waals surface area contributed by atoms with Crippen LogP contribution in [0.2, 0.25) is 0 Å². The second-order valence-corrected chi connectivity index (χ2v) is 4.06. The number of nitrogens with zero attached hydrogens (tertiary/aromatic N) is 3. The Morgan fingerprint density at radius 2 is 2.11 bits per heavy atom. The molecule has 0 saturated carbocycles. The highest BCUT2D eigenvalue weighted by Gasteiger charge is 2.23. The Morgan fingerprint density at radius 3 is 2.63 bits per heavy atom. The molecule has 0 unspecified atom stereocenters. The van der Waals surface area contributed by atoms with Crippen molar-refractivity contribution in [2.75, 3.05) is 0 Å². The largest absolute Gasteiger partial charge is 0.472 e. The number of nitro groups is 1. The first kappa shape index (κ1) is 12.8. The van der Waals surface area contributed by atoms with Gasteiger partial charge in [-0.2, -0.15) is 0 Å². The smallest absolute Gasteiger partial charge is 0.353 e. The van der Waals surface area contributed by atoms with Gasteiger partial charge in [-0.15, -0.1) is 0 Å². The molecule has 0 amide bonds. The quantitative estimate of drug-likeness (QED) is 0.590. The maximum Gasteiger partial charge on any atom is 0.353 e. The van der Waals surface area contributed by atoms with Gasteiger partial charge < -0.3 is 4.42 Å². The Morgan fingerprint density at radius 1 is 1.42 bits per heavy atom. The van der Waals surface area contributed by atoms with Crippen LogP contribution in [0.4, 0.5) is 5.69 Å². The molecule has 2 rings (SSSR count). The van der Waals surface area contributed by atoms with Gasteiger partial charge in [-0.3, -0.25) is 19.5 Å². The second-order valence-electron chi connectivity index (χ2n) is 4.06. The van der Waals surface area contributed by atoms with Gasteiger partial charge in [0.1, 0.15) is 5.69 Å². The number of hydrogen-bond acceptors (Lipinski definition) is 5. The molecule has 2 heterocycles. The molecule has 0 saturated heterocycles. The van der Waals surface area contributed by atoms with Gasteiger partial charge in [-0.1, -0.05) is 0 Å². The van der Waals surface area contributed by atoms with Crippen LogP contribution >= 0.6 is 0 Å². The van der Waals surface area contributed by atoms with Crippen molar-refractivity contribution in [2.24, 2.45) is 7.05 Å². The summed E-state index contributed by atoms with van der Waals surface area (Å²) in [5, 5.41) is 10.9. The summed E-state index contributed by atoms with van der Waals surface area (Å²) in [7, 11) is 1.38. The van der Waals surface area contributed by atoms with Gasteiger partial charge in [0.05, 0.1) is 24.0 Å². The van der Waals surface area contributed by atoms with Gasteiger partial charge in [-0.05, 0) is 13.0 Å². The molecular weight excluding hydrogens is 254 g/mol. The number of rotatable bonds is 3. The first-order valence-corrected chi connectivity index (χ1v) is 5.39. The minimum Gasteiger partial charge on any atom is -0.472 e. The van der Waals surface area contributed by atoms with Gasteiger partial charge in [0.2, 0.25) is 0 Å². The third-order valence-corrected chi connectivity index (χ3v) is 2.91. The highest BCUT2D eigenvalue weighted by molar-refractivity contribution is 5.32. The zero-order valence-corrected chi connectivity index (χ0v) is 10.3. The first-order valence-electron chi connectivity index (χ1n) is 5.39. The average Bonchev–Trinajstić information content (AvgIpc) is 2.84. The number of aromatic nitrogens is 2. The maximum atomic E-state index is 12.0. The van der Waals surface area contributed by atoms with Gasteiger partial charge >= 0.3 is 16.9 Å². The third-order valence-electron chi connectivity index (χ3n) is 2.91. The molecule has 8 heteroatoms. The molecule has 0 bridgehead atoms.